The molecule has 0 amide bonds. The molecule has 0 heterocycles. The van der Waals surface area contributed by atoms with Crippen molar-refractivity contribution in [1.82, 2.24) is 0 Å². The van der Waals surface area contributed by atoms with Crippen molar-refractivity contribution < 1.29 is 9.53 Å². The summed E-state index contributed by atoms with van der Waals surface area (Å²) in [4.78, 5) is 10.8. The second-order valence-electron chi connectivity index (χ2n) is 2.65. The Morgan fingerprint density at radius 1 is 1.70 bits per heavy atom. The summed E-state index contributed by atoms with van der Waals surface area (Å²) in [6, 6.07) is 0. The van der Waals surface area contributed by atoms with Crippen LogP contribution in [0.4, 0.5) is 0 Å². The third-order valence-corrected chi connectivity index (χ3v) is 2.02. The van der Waals surface area contributed by atoms with E-state index in [4.69, 9.17) is 4.74 Å². The lowest BCUT2D eigenvalue weighted by Crippen LogP contribution is -1.99. The van der Waals surface area contributed by atoms with Gasteiger partial charge in [-0.05, 0) is 6.92 Å². The summed E-state index contributed by atoms with van der Waals surface area (Å²) in [5.74, 6) is 0.557. The summed E-state index contributed by atoms with van der Waals surface area (Å²) in [6.45, 7) is 5.22. The van der Waals surface area contributed by atoms with Gasteiger partial charge in [0.25, 0.3) is 0 Å². The summed E-state index contributed by atoms with van der Waals surface area (Å²) in [5, 5.41) is 0. The van der Waals surface area contributed by atoms with E-state index >= 15 is 0 Å². The first-order chi connectivity index (χ1) is 4.72. The third-order valence-electron chi connectivity index (χ3n) is 2.02. The molecule has 0 radical (unpaired) electrons. The minimum atomic E-state index is 0.0856. The molecule has 2 nitrogen and oxygen atoms in total. The van der Waals surface area contributed by atoms with Gasteiger partial charge in [0, 0.05) is 13.0 Å². The van der Waals surface area contributed by atoms with Gasteiger partial charge >= 0.3 is 0 Å². The van der Waals surface area contributed by atoms with Crippen LogP contribution in [-0.4, -0.2) is 19.0 Å². The maximum Gasteiger partial charge on any atom is 0.136 e. The van der Waals surface area contributed by atoms with E-state index in [1.54, 1.807) is 20.1 Å². The Balaban J connectivity index is 2.51. The average molecular weight is 140 g/mol. The molecule has 1 saturated carbocycles. The van der Waals surface area contributed by atoms with Gasteiger partial charge in [0.1, 0.15) is 5.78 Å². The number of Topliss-reactive ketones (excluding diaryl/α,β-unsaturated/α-hetero) is 1. The molecule has 1 aliphatic carbocycles. The largest absolute Gasteiger partial charge is 0.380 e. The molecule has 0 saturated heterocycles. The Hall–Kier alpha value is -0.630. The highest BCUT2D eigenvalue weighted by Gasteiger charge is 2.51. The number of ketones is 1. The third kappa shape index (κ3) is 0.991. The molecule has 0 spiro atoms. The summed E-state index contributed by atoms with van der Waals surface area (Å²) in [7, 11) is 1.63. The van der Waals surface area contributed by atoms with E-state index < -0.39 is 0 Å². The number of hydrogen-bond donors (Lipinski definition) is 0. The number of hydrogen-bond acceptors (Lipinski definition) is 2. The minimum absolute atomic E-state index is 0.0856. The number of ether oxygens (including phenoxy) is 1. The van der Waals surface area contributed by atoms with Crippen LogP contribution < -0.4 is 0 Å². The maximum absolute atomic E-state index is 10.8. The summed E-state index contributed by atoms with van der Waals surface area (Å²) >= 11 is 0. The molecule has 1 fully saturated rings. The smallest absolute Gasteiger partial charge is 0.136 e. The van der Waals surface area contributed by atoms with Gasteiger partial charge in [0.15, 0.2) is 0 Å². The monoisotopic (exact) mass is 140 g/mol. The first kappa shape index (κ1) is 7.48. The Morgan fingerprint density at radius 3 is 2.40 bits per heavy atom. The van der Waals surface area contributed by atoms with Crippen molar-refractivity contribution in [2.24, 2.45) is 11.8 Å². The summed E-state index contributed by atoms with van der Waals surface area (Å²) in [6.07, 6.45) is 1.90. The van der Waals surface area contributed by atoms with Gasteiger partial charge in [0.2, 0.25) is 0 Å². The molecule has 3 atom stereocenters. The van der Waals surface area contributed by atoms with Crippen molar-refractivity contribution in [1.29, 1.82) is 0 Å². The molecule has 56 valence electrons. The predicted molar refractivity (Wildman–Crippen MR) is 38.7 cm³/mol. The fourth-order valence-corrected chi connectivity index (χ4v) is 1.39. The number of carbonyl (C=O) groups excluding carboxylic acids is 1. The first-order valence-corrected chi connectivity index (χ1v) is 3.38. The number of rotatable bonds is 3. The molecule has 0 aliphatic heterocycles. The summed E-state index contributed by atoms with van der Waals surface area (Å²) in [5.41, 5.74) is 0. The van der Waals surface area contributed by atoms with Crippen molar-refractivity contribution in [3.05, 3.63) is 12.7 Å². The van der Waals surface area contributed by atoms with Crippen LogP contribution in [0.15, 0.2) is 12.7 Å². The zero-order valence-corrected chi connectivity index (χ0v) is 6.33. The quantitative estimate of drug-likeness (QED) is 0.547. The second-order valence-corrected chi connectivity index (χ2v) is 2.65. The van der Waals surface area contributed by atoms with Crippen LogP contribution in [0.5, 0.6) is 0 Å². The van der Waals surface area contributed by atoms with Gasteiger partial charge in [-0.1, -0.05) is 6.08 Å². The van der Waals surface area contributed by atoms with E-state index in [0.717, 1.165) is 0 Å². The Kier molecular flexibility index (Phi) is 1.90. The molecular weight excluding hydrogens is 128 g/mol. The van der Waals surface area contributed by atoms with Crippen LogP contribution in [0.3, 0.4) is 0 Å². The SMILES string of the molecule is C=CC1C(OC)C1C(C)=O. The van der Waals surface area contributed by atoms with Crippen molar-refractivity contribution in [2.45, 2.75) is 13.0 Å². The van der Waals surface area contributed by atoms with Gasteiger partial charge in [-0.25, -0.2) is 0 Å². The first-order valence-electron chi connectivity index (χ1n) is 3.38. The van der Waals surface area contributed by atoms with Crippen LogP contribution >= 0.6 is 0 Å². The van der Waals surface area contributed by atoms with Crippen LogP contribution in [0.1, 0.15) is 6.92 Å². The van der Waals surface area contributed by atoms with Crippen LogP contribution in [0.25, 0.3) is 0 Å². The van der Waals surface area contributed by atoms with Crippen molar-refractivity contribution in [2.75, 3.05) is 7.11 Å². The fraction of sp³-hybridized carbons (Fsp3) is 0.625. The van der Waals surface area contributed by atoms with Crippen molar-refractivity contribution in [3.63, 3.8) is 0 Å². The normalized spacial score (nSPS) is 37.2. The zero-order valence-electron chi connectivity index (χ0n) is 6.33. The second kappa shape index (κ2) is 2.54. The van der Waals surface area contributed by atoms with Gasteiger partial charge < -0.3 is 4.74 Å². The average Bonchev–Trinajstić information content (AvgIpc) is 2.60. The van der Waals surface area contributed by atoms with E-state index in [9.17, 15) is 4.79 Å². The lowest BCUT2D eigenvalue weighted by molar-refractivity contribution is -0.119. The predicted octanol–water partition coefficient (Wildman–Crippen LogP) is 1.02. The lowest BCUT2D eigenvalue weighted by atomic mass is 10.2. The molecule has 3 unspecified atom stereocenters. The van der Waals surface area contributed by atoms with E-state index in [0.29, 0.717) is 0 Å². The van der Waals surface area contributed by atoms with E-state index in [2.05, 4.69) is 6.58 Å². The summed E-state index contributed by atoms with van der Waals surface area (Å²) < 4.78 is 5.05. The van der Waals surface area contributed by atoms with Crippen LogP contribution in [0.2, 0.25) is 0 Å². The number of methoxy groups -OCH3 is 1. The van der Waals surface area contributed by atoms with E-state index in [1.807, 2.05) is 0 Å². The molecule has 0 aromatic rings. The van der Waals surface area contributed by atoms with Crippen molar-refractivity contribution >= 4 is 5.78 Å². The molecule has 1 rings (SSSR count). The highest BCUT2D eigenvalue weighted by molar-refractivity contribution is 5.82. The van der Waals surface area contributed by atoms with E-state index in [-0.39, 0.29) is 23.7 Å². The molecular formula is C8H12O2. The lowest BCUT2D eigenvalue weighted by Gasteiger charge is -1.88. The topological polar surface area (TPSA) is 26.3 Å². The standard InChI is InChI=1S/C8H12O2/c1-4-6-7(5(2)9)8(6)10-3/h4,6-8H,1H2,2-3H3. The highest BCUT2D eigenvalue weighted by atomic mass is 16.5. The Bertz CT molecular complexity index is 163. The maximum atomic E-state index is 10.8. The Morgan fingerprint density at radius 2 is 2.30 bits per heavy atom. The Labute approximate surface area is 60.9 Å². The number of carbonyl (C=O) groups is 1. The zero-order chi connectivity index (χ0) is 7.72. The minimum Gasteiger partial charge on any atom is -0.380 e. The van der Waals surface area contributed by atoms with E-state index in [1.165, 1.54) is 0 Å². The van der Waals surface area contributed by atoms with Crippen molar-refractivity contribution in [3.8, 4) is 0 Å². The van der Waals surface area contributed by atoms with Gasteiger partial charge in [-0.2, -0.15) is 0 Å². The molecule has 0 N–H and O–H groups in total. The molecule has 1 aliphatic rings. The molecule has 2 heteroatoms. The molecule has 0 aromatic carbocycles. The molecule has 0 aromatic heterocycles. The van der Waals surface area contributed by atoms with Gasteiger partial charge in [-0.3, -0.25) is 4.79 Å². The van der Waals surface area contributed by atoms with Gasteiger partial charge in [-0.15, -0.1) is 6.58 Å². The highest BCUT2D eigenvalue weighted by Crippen LogP contribution is 2.42. The van der Waals surface area contributed by atoms with Crippen LogP contribution in [0, 0.1) is 11.8 Å². The molecule has 0 bridgehead atoms. The van der Waals surface area contributed by atoms with Crippen LogP contribution in [-0.2, 0) is 9.53 Å². The fourth-order valence-electron chi connectivity index (χ4n) is 1.39. The van der Waals surface area contributed by atoms with Gasteiger partial charge in [0.05, 0.1) is 12.0 Å². The molecule has 10 heavy (non-hydrogen) atoms.